The molecule has 12 heteroatoms. The number of H-pyrrole nitrogens is 1. The summed E-state index contributed by atoms with van der Waals surface area (Å²) in [6, 6.07) is 0.313. The zero-order valence-electron chi connectivity index (χ0n) is 18.1. The summed E-state index contributed by atoms with van der Waals surface area (Å²) in [6.07, 6.45) is 5.62. The number of benzene rings is 1. The molecule has 1 aliphatic rings. The second-order valence-corrected chi connectivity index (χ2v) is 6.95. The predicted octanol–water partition coefficient (Wildman–Crippen LogP) is 3.09. The van der Waals surface area contributed by atoms with Crippen molar-refractivity contribution in [3.05, 3.63) is 47.6 Å². The molecule has 0 fully saturated rings. The number of carbonyl (C=O) groups is 1. The Kier molecular flexibility index (Phi) is 5.82. The fraction of sp³-hybridized carbons (Fsp3) is 0.238. The summed E-state index contributed by atoms with van der Waals surface area (Å²) < 4.78 is 40.6. The van der Waals surface area contributed by atoms with Gasteiger partial charge in [0.2, 0.25) is 0 Å². The van der Waals surface area contributed by atoms with Crippen LogP contribution in [0.5, 0.6) is 11.5 Å². The van der Waals surface area contributed by atoms with Crippen molar-refractivity contribution in [2.24, 2.45) is 10.7 Å². The molecule has 3 N–H and O–H groups in total. The molecule has 0 spiro atoms. The minimum Gasteiger partial charge on any atom is -0.493 e. The zero-order valence-corrected chi connectivity index (χ0v) is 18.1. The van der Waals surface area contributed by atoms with Gasteiger partial charge in [0.15, 0.2) is 28.8 Å². The molecule has 3 heterocycles. The first-order valence-electron chi connectivity index (χ1n) is 9.91. The van der Waals surface area contributed by atoms with Gasteiger partial charge in [-0.25, -0.2) is 18.6 Å². The van der Waals surface area contributed by atoms with E-state index in [2.05, 4.69) is 20.2 Å². The van der Waals surface area contributed by atoms with Crippen LogP contribution in [-0.2, 0) is 6.54 Å². The third-order valence-electron chi connectivity index (χ3n) is 5.16. The summed E-state index contributed by atoms with van der Waals surface area (Å²) >= 11 is 0. The second kappa shape index (κ2) is 8.73. The minimum absolute atomic E-state index is 0.175. The number of fused-ring (bicyclic) bond motifs is 3. The number of pyridine rings is 1. The van der Waals surface area contributed by atoms with E-state index >= 15 is 8.78 Å². The molecule has 172 valence electrons. The number of anilines is 2. The number of aromatic nitrogens is 3. The highest BCUT2D eigenvalue weighted by molar-refractivity contribution is 6.16. The summed E-state index contributed by atoms with van der Waals surface area (Å²) in [6.45, 7) is 2.07. The van der Waals surface area contributed by atoms with Gasteiger partial charge in [-0.15, -0.1) is 0 Å². The summed E-state index contributed by atoms with van der Waals surface area (Å²) in [7, 11) is 2.46. The summed E-state index contributed by atoms with van der Waals surface area (Å²) in [4.78, 5) is 24.4. The number of ether oxygens (including phenoxy) is 2. The average molecular weight is 457 g/mol. The fourth-order valence-electron chi connectivity index (χ4n) is 3.65. The average Bonchev–Trinajstić information content (AvgIpc) is 3.30. The topological polar surface area (TPSA) is 122 Å². The number of nitrogens with two attached hydrogens (primary N) is 1. The van der Waals surface area contributed by atoms with Crippen molar-refractivity contribution >= 4 is 34.7 Å². The number of nitrogens with zero attached hydrogens (tertiary/aromatic N) is 5. The summed E-state index contributed by atoms with van der Waals surface area (Å²) in [5.74, 6) is -2.66. The molecule has 0 aliphatic carbocycles. The fourth-order valence-corrected chi connectivity index (χ4v) is 3.65. The molecule has 4 rings (SSSR count). The monoisotopic (exact) mass is 457 g/mol. The van der Waals surface area contributed by atoms with Crippen LogP contribution in [0.3, 0.4) is 0 Å². The SMILES string of the molecule is CCN=CC(=CN)N1C(=O)N(c2c(F)c(OC)cc(OC)c2F)Cc2cnc3[nH]ncc3c21. The zero-order chi connectivity index (χ0) is 23.7. The lowest BCUT2D eigenvalue weighted by Crippen LogP contribution is -2.48. The number of halogens is 2. The lowest BCUT2D eigenvalue weighted by molar-refractivity contribution is 0.251. The molecule has 0 saturated heterocycles. The van der Waals surface area contributed by atoms with Crippen LogP contribution in [-0.4, -0.2) is 48.2 Å². The summed E-state index contributed by atoms with van der Waals surface area (Å²) in [5.41, 5.74) is 6.79. The smallest absolute Gasteiger partial charge is 0.334 e. The number of hydrogen-bond acceptors (Lipinski definition) is 7. The van der Waals surface area contributed by atoms with Crippen LogP contribution in [0.25, 0.3) is 11.0 Å². The van der Waals surface area contributed by atoms with Crippen molar-refractivity contribution in [1.29, 1.82) is 0 Å². The largest absolute Gasteiger partial charge is 0.493 e. The predicted molar refractivity (Wildman–Crippen MR) is 119 cm³/mol. The van der Waals surface area contributed by atoms with Crippen molar-refractivity contribution in [3.63, 3.8) is 0 Å². The third kappa shape index (κ3) is 3.49. The van der Waals surface area contributed by atoms with E-state index in [1.165, 1.54) is 43.9 Å². The van der Waals surface area contributed by atoms with Gasteiger partial charge in [-0.1, -0.05) is 0 Å². The molecule has 0 unspecified atom stereocenters. The Balaban J connectivity index is 1.98. The molecular formula is C21H21F2N7O3. The maximum atomic E-state index is 15.3. The number of aliphatic imine (C=N–C) groups is 1. The Morgan fingerprint density at radius 2 is 1.94 bits per heavy atom. The number of hydrogen-bond donors (Lipinski definition) is 2. The molecule has 1 aromatic carbocycles. The standard InChI is InChI=1S/C21H21F2N7O3/c1-4-25-8-12(6-24)30-18-11(7-26-20-13(18)9-27-28-20)10-29(21(30)31)19-16(22)14(32-2)5-15(33-3)17(19)23/h5-9H,4,10,24H2,1-3H3,(H,26,27,28). The molecule has 0 bridgehead atoms. The first-order valence-corrected chi connectivity index (χ1v) is 9.91. The van der Waals surface area contributed by atoms with Gasteiger partial charge in [0, 0.05) is 36.8 Å². The highest BCUT2D eigenvalue weighted by Crippen LogP contribution is 2.42. The Hall–Kier alpha value is -4.22. The number of rotatable bonds is 6. The van der Waals surface area contributed by atoms with Gasteiger partial charge in [0.25, 0.3) is 0 Å². The van der Waals surface area contributed by atoms with Crippen LogP contribution < -0.4 is 25.0 Å². The molecule has 2 amide bonds. The van der Waals surface area contributed by atoms with Crippen LogP contribution in [0, 0.1) is 11.6 Å². The molecule has 10 nitrogen and oxygen atoms in total. The number of urea groups is 1. The van der Waals surface area contributed by atoms with E-state index in [1.807, 2.05) is 6.92 Å². The molecule has 0 radical (unpaired) electrons. The maximum absolute atomic E-state index is 15.3. The molecule has 2 aromatic heterocycles. The molecule has 0 saturated carbocycles. The van der Waals surface area contributed by atoms with Crippen molar-refractivity contribution < 1.29 is 23.0 Å². The Morgan fingerprint density at radius 3 is 2.55 bits per heavy atom. The molecule has 3 aromatic rings. The lowest BCUT2D eigenvalue weighted by atomic mass is 10.1. The van der Waals surface area contributed by atoms with Crippen molar-refractivity contribution in [2.45, 2.75) is 13.5 Å². The highest BCUT2D eigenvalue weighted by atomic mass is 19.1. The highest BCUT2D eigenvalue weighted by Gasteiger charge is 2.39. The van der Waals surface area contributed by atoms with Crippen LogP contribution in [0.4, 0.5) is 25.0 Å². The summed E-state index contributed by atoms with van der Waals surface area (Å²) in [5, 5.41) is 7.27. The van der Waals surface area contributed by atoms with Gasteiger partial charge in [-0.05, 0) is 6.92 Å². The number of carbonyl (C=O) groups excluding carboxylic acids is 1. The van der Waals surface area contributed by atoms with Crippen LogP contribution >= 0.6 is 0 Å². The maximum Gasteiger partial charge on any atom is 0.334 e. The Morgan fingerprint density at radius 1 is 1.24 bits per heavy atom. The van der Waals surface area contributed by atoms with E-state index in [-0.39, 0.29) is 23.7 Å². The Bertz CT molecular complexity index is 1260. The quantitative estimate of drug-likeness (QED) is 0.549. The van der Waals surface area contributed by atoms with Gasteiger partial charge < -0.3 is 15.2 Å². The number of aromatic amines is 1. The van der Waals surface area contributed by atoms with Crippen LogP contribution in [0.15, 0.2) is 35.3 Å². The number of amides is 2. The molecule has 33 heavy (non-hydrogen) atoms. The van der Waals surface area contributed by atoms with E-state index in [0.717, 1.165) is 11.0 Å². The Labute approximate surface area is 187 Å². The van der Waals surface area contributed by atoms with Gasteiger partial charge in [-0.2, -0.15) is 5.10 Å². The van der Waals surface area contributed by atoms with Gasteiger partial charge >= 0.3 is 6.03 Å². The first-order chi connectivity index (χ1) is 16.0. The van der Waals surface area contributed by atoms with Crippen LogP contribution in [0.2, 0.25) is 0 Å². The molecule has 0 atom stereocenters. The molecule has 1 aliphatic heterocycles. The normalized spacial score (nSPS) is 14.3. The van der Waals surface area contributed by atoms with E-state index < -0.39 is 23.4 Å². The number of methoxy groups -OCH3 is 2. The van der Waals surface area contributed by atoms with Crippen LogP contribution in [0.1, 0.15) is 12.5 Å². The first kappa shape index (κ1) is 22.0. The van der Waals surface area contributed by atoms with Crippen molar-refractivity contribution in [2.75, 3.05) is 30.6 Å². The van der Waals surface area contributed by atoms with E-state index in [1.54, 1.807) is 0 Å². The third-order valence-corrected chi connectivity index (χ3v) is 5.16. The van der Waals surface area contributed by atoms with E-state index in [0.29, 0.717) is 28.8 Å². The van der Waals surface area contributed by atoms with E-state index in [9.17, 15) is 4.79 Å². The molecular weight excluding hydrogens is 436 g/mol. The number of nitrogens with one attached hydrogen (secondary N) is 1. The number of allylic oxidation sites excluding steroid dienone is 1. The van der Waals surface area contributed by atoms with Gasteiger partial charge in [0.05, 0.1) is 43.7 Å². The van der Waals surface area contributed by atoms with Crippen molar-refractivity contribution in [3.8, 4) is 11.5 Å². The van der Waals surface area contributed by atoms with Gasteiger partial charge in [-0.3, -0.25) is 19.9 Å². The lowest BCUT2D eigenvalue weighted by Gasteiger charge is -2.37. The minimum atomic E-state index is -1.05. The van der Waals surface area contributed by atoms with Gasteiger partial charge in [0.1, 0.15) is 5.69 Å². The van der Waals surface area contributed by atoms with Crippen molar-refractivity contribution in [1.82, 2.24) is 15.2 Å². The second-order valence-electron chi connectivity index (χ2n) is 6.95. The van der Waals surface area contributed by atoms with E-state index in [4.69, 9.17) is 15.2 Å².